The standard InChI is InChI=1S/C17H23NO2/c1-16(2)12-7-8-17(3,10-12)15(16)18-13-6-4-5-11(9-13)14(19)20/h4-6,9,12,15,18H,7-8,10H2,1-3H3,(H,19,20). The molecule has 2 bridgehead atoms. The fourth-order valence-electron chi connectivity index (χ4n) is 4.57. The van der Waals surface area contributed by atoms with Crippen LogP contribution in [0.5, 0.6) is 0 Å². The minimum atomic E-state index is -0.868. The average molecular weight is 273 g/mol. The minimum absolute atomic E-state index is 0.270. The highest BCUT2D eigenvalue weighted by atomic mass is 16.4. The molecule has 2 aliphatic carbocycles. The van der Waals surface area contributed by atoms with Gasteiger partial charge in [0.2, 0.25) is 0 Å². The van der Waals surface area contributed by atoms with Gasteiger partial charge in [0.25, 0.3) is 0 Å². The van der Waals surface area contributed by atoms with Crippen molar-refractivity contribution < 1.29 is 9.90 Å². The smallest absolute Gasteiger partial charge is 0.335 e. The van der Waals surface area contributed by atoms with Crippen LogP contribution in [0.15, 0.2) is 24.3 Å². The molecule has 3 heteroatoms. The van der Waals surface area contributed by atoms with E-state index in [1.807, 2.05) is 12.1 Å². The van der Waals surface area contributed by atoms with E-state index in [1.165, 1.54) is 19.3 Å². The highest BCUT2D eigenvalue weighted by Crippen LogP contribution is 2.63. The topological polar surface area (TPSA) is 49.3 Å². The van der Waals surface area contributed by atoms with Crippen LogP contribution in [-0.2, 0) is 0 Å². The molecule has 108 valence electrons. The van der Waals surface area contributed by atoms with Crippen LogP contribution >= 0.6 is 0 Å². The predicted molar refractivity (Wildman–Crippen MR) is 80.0 cm³/mol. The zero-order valence-electron chi connectivity index (χ0n) is 12.4. The van der Waals surface area contributed by atoms with Gasteiger partial charge in [-0.1, -0.05) is 26.8 Å². The summed E-state index contributed by atoms with van der Waals surface area (Å²) in [5.74, 6) is -0.0836. The quantitative estimate of drug-likeness (QED) is 0.874. The van der Waals surface area contributed by atoms with Crippen molar-refractivity contribution in [3.05, 3.63) is 29.8 Å². The first-order valence-electron chi connectivity index (χ1n) is 7.43. The van der Waals surface area contributed by atoms with Gasteiger partial charge in [0.05, 0.1) is 5.56 Å². The molecular formula is C17H23NO2. The fourth-order valence-corrected chi connectivity index (χ4v) is 4.57. The molecule has 0 amide bonds. The van der Waals surface area contributed by atoms with Crippen LogP contribution in [0.2, 0.25) is 0 Å². The minimum Gasteiger partial charge on any atom is -0.478 e. The van der Waals surface area contributed by atoms with Crippen molar-refractivity contribution in [3.8, 4) is 0 Å². The Hall–Kier alpha value is -1.51. The van der Waals surface area contributed by atoms with Gasteiger partial charge in [-0.25, -0.2) is 4.79 Å². The summed E-state index contributed by atoms with van der Waals surface area (Å²) in [6, 6.07) is 7.58. The van der Waals surface area contributed by atoms with Crippen molar-refractivity contribution in [1.82, 2.24) is 0 Å². The lowest BCUT2D eigenvalue weighted by Crippen LogP contribution is -2.45. The molecule has 2 fully saturated rings. The van der Waals surface area contributed by atoms with Crippen molar-refractivity contribution in [2.45, 2.75) is 46.1 Å². The number of benzene rings is 1. The Morgan fingerprint density at radius 2 is 2.10 bits per heavy atom. The first-order chi connectivity index (χ1) is 9.33. The summed E-state index contributed by atoms with van der Waals surface area (Å²) in [7, 11) is 0. The molecule has 0 saturated heterocycles. The van der Waals surface area contributed by atoms with Crippen LogP contribution in [0.1, 0.15) is 50.4 Å². The lowest BCUT2D eigenvalue weighted by atomic mass is 9.68. The van der Waals surface area contributed by atoms with Gasteiger partial charge in [-0.05, 0) is 54.2 Å². The summed E-state index contributed by atoms with van der Waals surface area (Å²) in [5, 5.41) is 12.7. The van der Waals surface area contributed by atoms with Crippen LogP contribution in [0, 0.1) is 16.7 Å². The number of hydrogen-bond acceptors (Lipinski definition) is 2. The molecule has 0 radical (unpaired) electrons. The highest BCUT2D eigenvalue weighted by molar-refractivity contribution is 5.88. The van der Waals surface area contributed by atoms with Gasteiger partial charge in [-0.2, -0.15) is 0 Å². The van der Waals surface area contributed by atoms with Crippen LogP contribution in [0.25, 0.3) is 0 Å². The van der Waals surface area contributed by atoms with E-state index in [2.05, 4.69) is 26.1 Å². The first-order valence-corrected chi connectivity index (χ1v) is 7.43. The molecule has 3 atom stereocenters. The van der Waals surface area contributed by atoms with Gasteiger partial charge in [-0.15, -0.1) is 0 Å². The molecular weight excluding hydrogens is 250 g/mol. The number of carboxylic acids is 1. The van der Waals surface area contributed by atoms with Gasteiger partial charge in [0.1, 0.15) is 0 Å². The Balaban J connectivity index is 1.87. The first kappa shape index (κ1) is 13.5. The van der Waals surface area contributed by atoms with E-state index in [4.69, 9.17) is 5.11 Å². The Morgan fingerprint density at radius 1 is 1.35 bits per heavy atom. The van der Waals surface area contributed by atoms with E-state index in [9.17, 15) is 4.79 Å². The van der Waals surface area contributed by atoms with Crippen LogP contribution < -0.4 is 5.32 Å². The number of aromatic carboxylic acids is 1. The van der Waals surface area contributed by atoms with Gasteiger partial charge < -0.3 is 10.4 Å². The SMILES string of the molecule is CC12CCC(C1)C(C)(C)C2Nc1cccc(C(=O)O)c1. The van der Waals surface area contributed by atoms with E-state index >= 15 is 0 Å². The molecule has 3 rings (SSSR count). The maximum atomic E-state index is 11.1. The molecule has 0 heterocycles. The van der Waals surface area contributed by atoms with E-state index in [1.54, 1.807) is 12.1 Å². The molecule has 2 aliphatic rings. The molecule has 3 unspecified atom stereocenters. The van der Waals surface area contributed by atoms with Crippen molar-refractivity contribution in [3.63, 3.8) is 0 Å². The summed E-state index contributed by atoms with van der Waals surface area (Å²) in [4.78, 5) is 11.1. The third-order valence-electron chi connectivity index (χ3n) is 5.69. The number of fused-ring (bicyclic) bond motifs is 2. The number of rotatable bonds is 3. The number of anilines is 1. The lowest BCUT2D eigenvalue weighted by molar-refractivity contribution is 0.0697. The molecule has 1 aromatic rings. The normalized spacial score (nSPS) is 34.1. The molecule has 1 aromatic carbocycles. The Kier molecular flexibility index (Phi) is 2.86. The monoisotopic (exact) mass is 273 g/mol. The summed E-state index contributed by atoms with van der Waals surface area (Å²) in [5.41, 5.74) is 1.89. The molecule has 20 heavy (non-hydrogen) atoms. The van der Waals surface area contributed by atoms with Gasteiger partial charge in [-0.3, -0.25) is 0 Å². The van der Waals surface area contributed by atoms with Crippen LogP contribution in [0.3, 0.4) is 0 Å². The maximum Gasteiger partial charge on any atom is 0.335 e. The Morgan fingerprint density at radius 3 is 2.70 bits per heavy atom. The number of nitrogens with one attached hydrogen (secondary N) is 1. The van der Waals surface area contributed by atoms with Gasteiger partial charge in [0, 0.05) is 11.7 Å². The molecule has 0 aromatic heterocycles. The summed E-state index contributed by atoms with van der Waals surface area (Å²) < 4.78 is 0. The number of carbonyl (C=O) groups is 1. The number of hydrogen-bond donors (Lipinski definition) is 2. The second kappa shape index (κ2) is 4.24. The molecule has 3 nitrogen and oxygen atoms in total. The second-order valence-electron chi connectivity index (χ2n) is 7.38. The van der Waals surface area contributed by atoms with Crippen molar-refractivity contribution in [1.29, 1.82) is 0 Å². The summed E-state index contributed by atoms with van der Waals surface area (Å²) >= 11 is 0. The van der Waals surface area contributed by atoms with Crippen molar-refractivity contribution >= 4 is 11.7 Å². The van der Waals surface area contributed by atoms with Gasteiger partial charge >= 0.3 is 5.97 Å². The predicted octanol–water partition coefficient (Wildman–Crippen LogP) is 4.01. The van der Waals surface area contributed by atoms with Crippen molar-refractivity contribution in [2.75, 3.05) is 5.32 Å². The Labute approximate surface area is 120 Å². The third kappa shape index (κ3) is 1.91. The van der Waals surface area contributed by atoms with Gasteiger partial charge in [0.15, 0.2) is 0 Å². The zero-order chi connectivity index (χ0) is 14.5. The number of carboxylic acid groups (broad SMARTS) is 1. The average Bonchev–Trinajstić information content (AvgIpc) is 2.86. The fraction of sp³-hybridized carbons (Fsp3) is 0.588. The lowest BCUT2D eigenvalue weighted by Gasteiger charge is -2.43. The van der Waals surface area contributed by atoms with Crippen LogP contribution in [0.4, 0.5) is 5.69 Å². The molecule has 0 spiro atoms. The third-order valence-corrected chi connectivity index (χ3v) is 5.69. The largest absolute Gasteiger partial charge is 0.478 e. The maximum absolute atomic E-state index is 11.1. The van der Waals surface area contributed by atoms with E-state index in [-0.39, 0.29) is 5.41 Å². The Bertz CT molecular complexity index is 547. The zero-order valence-corrected chi connectivity index (χ0v) is 12.4. The van der Waals surface area contributed by atoms with E-state index in [0.29, 0.717) is 17.0 Å². The second-order valence-corrected chi connectivity index (χ2v) is 7.38. The van der Waals surface area contributed by atoms with E-state index in [0.717, 1.165) is 11.6 Å². The summed E-state index contributed by atoms with van der Waals surface area (Å²) in [6.07, 6.45) is 3.89. The van der Waals surface area contributed by atoms with Crippen molar-refractivity contribution in [2.24, 2.45) is 16.7 Å². The van der Waals surface area contributed by atoms with Crippen LogP contribution in [-0.4, -0.2) is 17.1 Å². The molecule has 2 saturated carbocycles. The molecule has 2 N–H and O–H groups in total. The highest BCUT2D eigenvalue weighted by Gasteiger charge is 2.59. The van der Waals surface area contributed by atoms with E-state index < -0.39 is 5.97 Å². The summed E-state index contributed by atoms with van der Waals surface area (Å²) in [6.45, 7) is 7.07. The molecule has 0 aliphatic heterocycles.